The first kappa shape index (κ1) is 10.1. The predicted octanol–water partition coefficient (Wildman–Crippen LogP) is 3.29. The summed E-state index contributed by atoms with van der Waals surface area (Å²) in [4.78, 5) is 11.2. The molecule has 2 rings (SSSR count). The number of hydrogen-bond acceptors (Lipinski definition) is 2. The predicted molar refractivity (Wildman–Crippen MR) is 58.9 cm³/mol. The van der Waals surface area contributed by atoms with Gasteiger partial charge in [-0.3, -0.25) is 4.79 Å². The Bertz CT molecular complexity index is 476. The quantitative estimate of drug-likeness (QED) is 0.725. The van der Waals surface area contributed by atoms with Gasteiger partial charge in [-0.25, -0.2) is 4.39 Å². The first-order valence-corrected chi connectivity index (χ1v) is 5.43. The Kier molecular flexibility index (Phi) is 2.92. The van der Waals surface area contributed by atoms with Crippen LogP contribution < -0.4 is 0 Å². The molecule has 1 heterocycles. The Labute approximate surface area is 91.2 Å². The van der Waals surface area contributed by atoms with E-state index in [4.69, 9.17) is 0 Å². The number of hydrogen-bond donors (Lipinski definition) is 0. The Balaban J connectivity index is 2.18. The van der Waals surface area contributed by atoms with Crippen molar-refractivity contribution in [3.8, 4) is 0 Å². The lowest BCUT2D eigenvalue weighted by atomic mass is 10.1. The van der Waals surface area contributed by atoms with E-state index in [9.17, 15) is 9.18 Å². The molecule has 0 radical (unpaired) electrons. The van der Waals surface area contributed by atoms with Crippen LogP contribution in [0.3, 0.4) is 0 Å². The molecule has 1 aromatic heterocycles. The van der Waals surface area contributed by atoms with E-state index < -0.39 is 0 Å². The first-order valence-electron chi connectivity index (χ1n) is 4.55. The zero-order valence-corrected chi connectivity index (χ0v) is 8.76. The van der Waals surface area contributed by atoms with Crippen molar-refractivity contribution in [3.63, 3.8) is 0 Å². The largest absolute Gasteiger partial charge is 0.297 e. The number of aldehydes is 1. The fourth-order valence-corrected chi connectivity index (χ4v) is 2.15. The van der Waals surface area contributed by atoms with E-state index in [1.165, 1.54) is 23.5 Å². The van der Waals surface area contributed by atoms with Crippen LogP contribution in [0.25, 0.3) is 0 Å². The standard InChI is InChI=1S/C12H9FOS/c13-11-3-1-2-9(5-11)4-10-6-12(7-14)15-8-10/h1-3,5-8H,4H2. The molecule has 0 amide bonds. The van der Waals surface area contributed by atoms with Crippen molar-refractivity contribution in [1.82, 2.24) is 0 Å². The average molecular weight is 220 g/mol. The summed E-state index contributed by atoms with van der Waals surface area (Å²) >= 11 is 1.41. The molecule has 0 unspecified atom stereocenters. The molecule has 0 N–H and O–H groups in total. The Hall–Kier alpha value is -1.48. The van der Waals surface area contributed by atoms with Gasteiger partial charge in [0.1, 0.15) is 5.82 Å². The van der Waals surface area contributed by atoms with Crippen molar-refractivity contribution in [3.05, 3.63) is 57.5 Å². The lowest BCUT2D eigenvalue weighted by Crippen LogP contribution is -1.86. The summed E-state index contributed by atoms with van der Waals surface area (Å²) in [7, 11) is 0. The van der Waals surface area contributed by atoms with Gasteiger partial charge in [0.25, 0.3) is 0 Å². The van der Waals surface area contributed by atoms with Gasteiger partial charge in [-0.1, -0.05) is 12.1 Å². The molecular formula is C12H9FOS. The molecule has 0 aliphatic carbocycles. The van der Waals surface area contributed by atoms with E-state index in [0.29, 0.717) is 11.3 Å². The zero-order valence-electron chi connectivity index (χ0n) is 7.94. The highest BCUT2D eigenvalue weighted by atomic mass is 32.1. The van der Waals surface area contributed by atoms with E-state index in [1.54, 1.807) is 6.07 Å². The van der Waals surface area contributed by atoms with Crippen molar-refractivity contribution in [1.29, 1.82) is 0 Å². The highest BCUT2D eigenvalue weighted by Crippen LogP contribution is 2.16. The Morgan fingerprint density at radius 2 is 2.13 bits per heavy atom. The normalized spacial score (nSPS) is 10.2. The summed E-state index contributed by atoms with van der Waals surface area (Å²) in [6.45, 7) is 0. The molecular weight excluding hydrogens is 211 g/mol. The SMILES string of the molecule is O=Cc1cc(Cc2cccc(F)c2)cs1. The summed E-state index contributed by atoms with van der Waals surface area (Å²) in [5, 5.41) is 1.93. The van der Waals surface area contributed by atoms with Gasteiger partial charge in [0, 0.05) is 0 Å². The van der Waals surface area contributed by atoms with Gasteiger partial charge in [-0.05, 0) is 41.1 Å². The average Bonchev–Trinajstić information content (AvgIpc) is 2.65. The molecule has 0 aliphatic rings. The van der Waals surface area contributed by atoms with Gasteiger partial charge in [0.15, 0.2) is 6.29 Å². The second kappa shape index (κ2) is 4.36. The van der Waals surface area contributed by atoms with Crippen molar-refractivity contribution < 1.29 is 9.18 Å². The van der Waals surface area contributed by atoms with Crippen LogP contribution in [0.15, 0.2) is 35.7 Å². The van der Waals surface area contributed by atoms with E-state index in [0.717, 1.165) is 17.4 Å². The van der Waals surface area contributed by atoms with Crippen molar-refractivity contribution in [2.45, 2.75) is 6.42 Å². The fraction of sp³-hybridized carbons (Fsp3) is 0.0833. The molecule has 0 bridgehead atoms. The number of thiophene rings is 1. The molecule has 1 nitrogen and oxygen atoms in total. The fourth-order valence-electron chi connectivity index (χ4n) is 1.43. The summed E-state index contributed by atoms with van der Waals surface area (Å²) in [6.07, 6.45) is 1.50. The third kappa shape index (κ3) is 2.50. The third-order valence-corrected chi connectivity index (χ3v) is 2.99. The van der Waals surface area contributed by atoms with E-state index in [1.807, 2.05) is 17.5 Å². The molecule has 0 spiro atoms. The number of carbonyl (C=O) groups is 1. The minimum atomic E-state index is -0.224. The molecule has 2 aromatic rings. The Morgan fingerprint density at radius 3 is 2.80 bits per heavy atom. The van der Waals surface area contributed by atoms with Crippen molar-refractivity contribution in [2.24, 2.45) is 0 Å². The van der Waals surface area contributed by atoms with E-state index >= 15 is 0 Å². The molecule has 1 aromatic carbocycles. The number of halogens is 1. The van der Waals surface area contributed by atoms with Crippen LogP contribution in [0.2, 0.25) is 0 Å². The second-order valence-electron chi connectivity index (χ2n) is 3.28. The van der Waals surface area contributed by atoms with E-state index in [-0.39, 0.29) is 5.82 Å². The van der Waals surface area contributed by atoms with Crippen LogP contribution in [-0.4, -0.2) is 6.29 Å². The molecule has 0 saturated heterocycles. The molecule has 0 aliphatic heterocycles. The minimum absolute atomic E-state index is 0.224. The van der Waals surface area contributed by atoms with Crippen LogP contribution in [0.4, 0.5) is 4.39 Å². The van der Waals surface area contributed by atoms with Crippen molar-refractivity contribution in [2.75, 3.05) is 0 Å². The lowest BCUT2D eigenvalue weighted by molar-refractivity contribution is 0.112. The minimum Gasteiger partial charge on any atom is -0.297 e. The highest BCUT2D eigenvalue weighted by molar-refractivity contribution is 7.11. The Morgan fingerprint density at radius 1 is 1.27 bits per heavy atom. The third-order valence-electron chi connectivity index (χ3n) is 2.09. The van der Waals surface area contributed by atoms with Crippen LogP contribution in [-0.2, 0) is 6.42 Å². The number of carbonyl (C=O) groups excluding carboxylic acids is 1. The maximum absolute atomic E-state index is 12.9. The summed E-state index contributed by atoms with van der Waals surface area (Å²) in [5.41, 5.74) is 1.97. The zero-order chi connectivity index (χ0) is 10.7. The van der Waals surface area contributed by atoms with Gasteiger partial charge in [0.2, 0.25) is 0 Å². The monoisotopic (exact) mass is 220 g/mol. The second-order valence-corrected chi connectivity index (χ2v) is 4.22. The van der Waals surface area contributed by atoms with Gasteiger partial charge < -0.3 is 0 Å². The maximum Gasteiger partial charge on any atom is 0.160 e. The smallest absolute Gasteiger partial charge is 0.160 e. The molecule has 0 fully saturated rings. The van der Waals surface area contributed by atoms with Gasteiger partial charge in [-0.15, -0.1) is 11.3 Å². The summed E-state index contributed by atoms with van der Waals surface area (Å²) in [6, 6.07) is 8.34. The van der Waals surface area contributed by atoms with Gasteiger partial charge >= 0.3 is 0 Å². The number of rotatable bonds is 3. The number of benzene rings is 1. The summed E-state index contributed by atoms with van der Waals surface area (Å²) < 4.78 is 12.9. The van der Waals surface area contributed by atoms with Crippen LogP contribution >= 0.6 is 11.3 Å². The van der Waals surface area contributed by atoms with Gasteiger partial charge in [0.05, 0.1) is 4.88 Å². The molecule has 15 heavy (non-hydrogen) atoms. The van der Waals surface area contributed by atoms with Gasteiger partial charge in [-0.2, -0.15) is 0 Å². The summed E-state index contributed by atoms with van der Waals surface area (Å²) in [5.74, 6) is -0.224. The molecule has 0 saturated carbocycles. The molecule has 0 atom stereocenters. The maximum atomic E-state index is 12.9. The highest BCUT2D eigenvalue weighted by Gasteiger charge is 2.01. The lowest BCUT2D eigenvalue weighted by Gasteiger charge is -1.98. The van der Waals surface area contributed by atoms with Crippen LogP contribution in [0.5, 0.6) is 0 Å². The van der Waals surface area contributed by atoms with Crippen LogP contribution in [0.1, 0.15) is 20.8 Å². The van der Waals surface area contributed by atoms with E-state index in [2.05, 4.69) is 0 Å². The molecule has 76 valence electrons. The van der Waals surface area contributed by atoms with Crippen LogP contribution in [0, 0.1) is 5.82 Å². The topological polar surface area (TPSA) is 17.1 Å². The molecule has 3 heteroatoms. The first-order chi connectivity index (χ1) is 7.28. The van der Waals surface area contributed by atoms with Crippen molar-refractivity contribution >= 4 is 17.6 Å².